The number of rotatable bonds is 3. The molecule has 0 unspecified atom stereocenters. The first-order chi connectivity index (χ1) is 15.5. The molecule has 1 fully saturated rings. The zero-order valence-corrected chi connectivity index (χ0v) is 21.6. The number of thioether (sulfide) groups is 2. The number of hydrogen-bond acceptors (Lipinski definition) is 6. The molecule has 5 rings (SSSR count). The van der Waals surface area contributed by atoms with E-state index in [1.165, 1.54) is 11.8 Å². The number of aliphatic imine (C=N–C) groups is 1. The molecule has 160 valence electrons. The number of pyridine rings is 1. The molecule has 0 bridgehead atoms. The Morgan fingerprint density at radius 3 is 2.53 bits per heavy atom. The third-order valence-electron chi connectivity index (χ3n) is 4.97. The monoisotopic (exact) mass is 586 g/mol. The third-order valence-corrected chi connectivity index (χ3v) is 8.42. The molecule has 1 amide bonds. The van der Waals surface area contributed by atoms with Crippen LogP contribution >= 0.6 is 55.4 Å². The van der Waals surface area contributed by atoms with Gasteiger partial charge in [-0.2, -0.15) is 0 Å². The van der Waals surface area contributed by atoms with Gasteiger partial charge in [-0.15, -0.1) is 0 Å². The second-order valence-corrected chi connectivity index (χ2v) is 10.9. The summed E-state index contributed by atoms with van der Waals surface area (Å²) in [5.74, 6) is 0.483. The van der Waals surface area contributed by atoms with Crippen molar-refractivity contribution in [1.29, 1.82) is 0 Å². The Balaban J connectivity index is 1.57. The minimum Gasteiger partial charge on any atom is -0.337 e. The molecule has 32 heavy (non-hydrogen) atoms. The summed E-state index contributed by atoms with van der Waals surface area (Å²) in [5, 5.41) is 1.54. The lowest BCUT2D eigenvalue weighted by molar-refractivity contribution is -0.122. The molecule has 2 aliphatic rings. The summed E-state index contributed by atoms with van der Waals surface area (Å²) in [6.45, 7) is 0.442. The highest BCUT2D eigenvalue weighted by atomic mass is 79.9. The normalized spacial score (nSPS) is 19.2. The van der Waals surface area contributed by atoms with E-state index in [4.69, 9.17) is 4.99 Å². The van der Waals surface area contributed by atoms with Crippen LogP contribution in [0.25, 0.3) is 0 Å². The molecular formula is C23H16Br2N4OS2. The minimum atomic E-state index is -0.0482. The van der Waals surface area contributed by atoms with E-state index >= 15 is 0 Å². The van der Waals surface area contributed by atoms with E-state index in [1.54, 1.807) is 22.9 Å². The average molecular weight is 588 g/mol. The topological polar surface area (TPSA) is 48.8 Å². The van der Waals surface area contributed by atoms with Gasteiger partial charge in [0.1, 0.15) is 4.91 Å². The molecular weight excluding hydrogens is 572 g/mol. The molecule has 0 atom stereocenters. The van der Waals surface area contributed by atoms with Crippen molar-refractivity contribution in [2.45, 2.75) is 11.4 Å². The third kappa shape index (κ3) is 4.14. The smallest absolute Gasteiger partial charge is 0.269 e. The van der Waals surface area contributed by atoms with Crippen molar-refractivity contribution < 1.29 is 4.79 Å². The van der Waals surface area contributed by atoms with E-state index in [1.807, 2.05) is 55.6 Å². The lowest BCUT2D eigenvalue weighted by Gasteiger charge is -2.16. The lowest BCUT2D eigenvalue weighted by atomic mass is 10.2. The first kappa shape index (κ1) is 21.8. The Labute approximate surface area is 211 Å². The number of benzene rings is 2. The number of para-hydroxylation sites is 1. The Hall–Kier alpha value is -2.07. The van der Waals surface area contributed by atoms with Crippen molar-refractivity contribution in [2.24, 2.45) is 4.99 Å². The predicted octanol–water partition coefficient (Wildman–Crippen LogP) is 6.78. The number of fused-ring (bicyclic) bond motifs is 1. The number of hydrogen-bond donors (Lipinski definition) is 0. The first-order valence-electron chi connectivity index (χ1n) is 9.69. The van der Waals surface area contributed by atoms with Crippen LogP contribution in [0.5, 0.6) is 0 Å². The molecule has 0 spiro atoms. The minimum absolute atomic E-state index is 0.0482. The van der Waals surface area contributed by atoms with Crippen molar-refractivity contribution in [1.82, 2.24) is 9.88 Å². The number of anilines is 1. The van der Waals surface area contributed by atoms with Gasteiger partial charge in [0, 0.05) is 22.6 Å². The molecule has 1 saturated heterocycles. The molecule has 3 heterocycles. The molecule has 0 N–H and O–H groups in total. The summed E-state index contributed by atoms with van der Waals surface area (Å²) in [6.07, 6.45) is 1.70. The highest BCUT2D eigenvalue weighted by Crippen LogP contribution is 2.50. The summed E-state index contributed by atoms with van der Waals surface area (Å²) in [7, 11) is 2.00. The second kappa shape index (κ2) is 9.05. The number of nitrogens with zero attached hydrogens (tertiary/aromatic N) is 4. The maximum atomic E-state index is 13.6. The Kier molecular flexibility index (Phi) is 6.16. The summed E-state index contributed by atoms with van der Waals surface area (Å²) in [4.78, 5) is 28.4. The van der Waals surface area contributed by atoms with Crippen molar-refractivity contribution in [3.05, 3.63) is 91.3 Å². The highest BCUT2D eigenvalue weighted by Gasteiger charge is 2.39. The van der Waals surface area contributed by atoms with Crippen LogP contribution < -0.4 is 4.90 Å². The molecule has 0 aliphatic carbocycles. The largest absolute Gasteiger partial charge is 0.337 e. The van der Waals surface area contributed by atoms with Crippen LogP contribution in [-0.4, -0.2) is 28.0 Å². The van der Waals surface area contributed by atoms with Crippen LogP contribution in [0.15, 0.2) is 95.6 Å². The summed E-state index contributed by atoms with van der Waals surface area (Å²) >= 11 is 9.97. The van der Waals surface area contributed by atoms with E-state index in [2.05, 4.69) is 53.9 Å². The van der Waals surface area contributed by atoms with Gasteiger partial charge in [0.05, 0.1) is 21.7 Å². The van der Waals surface area contributed by atoms with Gasteiger partial charge in [0.2, 0.25) is 0 Å². The van der Waals surface area contributed by atoms with Gasteiger partial charge in [0.25, 0.3) is 5.91 Å². The summed E-state index contributed by atoms with van der Waals surface area (Å²) in [5.41, 5.74) is 2.14. The molecule has 9 heteroatoms. The van der Waals surface area contributed by atoms with Crippen LogP contribution in [0.2, 0.25) is 0 Å². The number of halogens is 2. The molecule has 3 aromatic rings. The first-order valence-corrected chi connectivity index (χ1v) is 12.9. The maximum absolute atomic E-state index is 13.6. The van der Waals surface area contributed by atoms with Crippen molar-refractivity contribution in [2.75, 3.05) is 11.9 Å². The maximum Gasteiger partial charge on any atom is 0.269 e. The van der Waals surface area contributed by atoms with Gasteiger partial charge in [-0.3, -0.25) is 9.69 Å². The van der Waals surface area contributed by atoms with Crippen molar-refractivity contribution in [3.63, 3.8) is 0 Å². The molecule has 2 aromatic carbocycles. The van der Waals surface area contributed by atoms with Crippen molar-refractivity contribution >= 4 is 78.0 Å². The van der Waals surface area contributed by atoms with Crippen LogP contribution in [0.3, 0.4) is 0 Å². The Bertz CT molecular complexity index is 1280. The molecule has 0 saturated carbocycles. The van der Waals surface area contributed by atoms with Gasteiger partial charge in [0.15, 0.2) is 11.0 Å². The Morgan fingerprint density at radius 1 is 1.03 bits per heavy atom. The van der Waals surface area contributed by atoms with Crippen LogP contribution in [0, 0.1) is 0 Å². The van der Waals surface area contributed by atoms with E-state index in [9.17, 15) is 4.79 Å². The summed E-state index contributed by atoms with van der Waals surface area (Å²) < 4.78 is 1.61. The average Bonchev–Trinajstić information content (AvgIpc) is 3.28. The standard InChI is InChI=1S/C23H16Br2N4OS2/c1-28-17-9-5-6-10-18(17)31-22(28)19-21(30)29(13-14-7-3-2-4-8-14)23(32-19)27-20-16(25)11-15(24)12-26-20/h2-12H,13H2,1H3/b22-19-,27-23?. The number of carbonyl (C=O) groups is 1. The number of carbonyl (C=O) groups excluding carboxylic acids is 1. The number of aromatic nitrogens is 1. The fourth-order valence-corrected chi connectivity index (χ4v) is 6.80. The van der Waals surface area contributed by atoms with E-state index in [0.29, 0.717) is 22.4 Å². The fourth-order valence-electron chi connectivity index (χ4n) is 3.40. The highest BCUT2D eigenvalue weighted by molar-refractivity contribution is 9.11. The summed E-state index contributed by atoms with van der Waals surface area (Å²) in [6, 6.07) is 20.0. The van der Waals surface area contributed by atoms with Gasteiger partial charge in [-0.05, 0) is 67.4 Å². The van der Waals surface area contributed by atoms with Crippen LogP contribution in [-0.2, 0) is 11.3 Å². The van der Waals surface area contributed by atoms with Gasteiger partial charge in [-0.1, -0.05) is 54.2 Å². The van der Waals surface area contributed by atoms with Crippen LogP contribution in [0.1, 0.15) is 5.56 Å². The Morgan fingerprint density at radius 2 is 1.78 bits per heavy atom. The van der Waals surface area contributed by atoms with Crippen LogP contribution in [0.4, 0.5) is 11.5 Å². The molecule has 1 aromatic heterocycles. The van der Waals surface area contributed by atoms with E-state index in [0.717, 1.165) is 30.1 Å². The fraction of sp³-hybridized carbons (Fsp3) is 0.0870. The van der Waals surface area contributed by atoms with E-state index in [-0.39, 0.29) is 5.91 Å². The quantitative estimate of drug-likeness (QED) is 0.316. The van der Waals surface area contributed by atoms with Gasteiger partial charge >= 0.3 is 0 Å². The zero-order chi connectivity index (χ0) is 22.2. The van der Waals surface area contributed by atoms with E-state index < -0.39 is 0 Å². The lowest BCUT2D eigenvalue weighted by Crippen LogP contribution is -2.29. The zero-order valence-electron chi connectivity index (χ0n) is 16.8. The number of amidine groups is 1. The van der Waals surface area contributed by atoms with Gasteiger partial charge < -0.3 is 4.90 Å². The molecule has 0 radical (unpaired) electrons. The van der Waals surface area contributed by atoms with Crippen molar-refractivity contribution in [3.8, 4) is 0 Å². The second-order valence-electron chi connectivity index (χ2n) is 7.10. The SMILES string of the molecule is CN1/C(=C2/SC(=Nc3ncc(Br)cc3Br)N(Cc3ccccc3)C2=O)Sc2ccccc21. The van der Waals surface area contributed by atoms with Gasteiger partial charge in [-0.25, -0.2) is 9.98 Å². The number of amides is 1. The molecule has 5 nitrogen and oxygen atoms in total. The molecule has 2 aliphatic heterocycles. The predicted molar refractivity (Wildman–Crippen MR) is 139 cm³/mol.